The molecule has 0 amide bonds. The van der Waals surface area contributed by atoms with Crippen LogP contribution in [-0.2, 0) is 6.42 Å². The Morgan fingerprint density at radius 2 is 2.00 bits per heavy atom. The van der Waals surface area contributed by atoms with Crippen molar-refractivity contribution in [1.29, 1.82) is 0 Å². The summed E-state index contributed by atoms with van der Waals surface area (Å²) >= 11 is 0. The van der Waals surface area contributed by atoms with Gasteiger partial charge in [0, 0.05) is 18.0 Å². The zero-order valence-corrected chi connectivity index (χ0v) is 10.7. The third-order valence-electron chi connectivity index (χ3n) is 2.86. The molecule has 1 heterocycles. The second-order valence-electron chi connectivity index (χ2n) is 5.13. The molecule has 0 aliphatic rings. The van der Waals surface area contributed by atoms with E-state index in [2.05, 4.69) is 30.7 Å². The zero-order chi connectivity index (χ0) is 12.3. The predicted molar refractivity (Wildman–Crippen MR) is 64.5 cm³/mol. The van der Waals surface area contributed by atoms with Gasteiger partial charge in [0.25, 0.3) is 0 Å². The molecule has 0 saturated carbocycles. The molecule has 16 heavy (non-hydrogen) atoms. The molecule has 1 aromatic heterocycles. The van der Waals surface area contributed by atoms with Gasteiger partial charge < -0.3 is 10.5 Å². The van der Waals surface area contributed by atoms with E-state index in [-0.39, 0.29) is 11.5 Å². The summed E-state index contributed by atoms with van der Waals surface area (Å²) in [6, 6.07) is 0.0748. The van der Waals surface area contributed by atoms with Crippen molar-refractivity contribution in [3.05, 3.63) is 17.6 Å². The molecule has 0 aliphatic carbocycles. The van der Waals surface area contributed by atoms with E-state index in [1.807, 2.05) is 6.92 Å². The highest BCUT2D eigenvalue weighted by atomic mass is 16.5. The predicted octanol–water partition coefficient (Wildman–Crippen LogP) is 1.71. The maximum absolute atomic E-state index is 6.14. The molecule has 0 fully saturated rings. The molecule has 0 radical (unpaired) electrons. The standard InChI is InChI=1S/C12H21N3O/c1-8-9(6-10(13)12(2,3)4)14-7-15-11(8)16-5/h7,10H,6,13H2,1-5H3. The number of aromatic nitrogens is 2. The van der Waals surface area contributed by atoms with Crippen molar-refractivity contribution in [3.8, 4) is 5.88 Å². The smallest absolute Gasteiger partial charge is 0.219 e. The van der Waals surface area contributed by atoms with Crippen LogP contribution < -0.4 is 10.5 Å². The molecule has 1 atom stereocenters. The van der Waals surface area contributed by atoms with Crippen LogP contribution in [0.4, 0.5) is 0 Å². The van der Waals surface area contributed by atoms with Crippen LogP contribution in [-0.4, -0.2) is 23.1 Å². The Labute approximate surface area is 97.2 Å². The van der Waals surface area contributed by atoms with E-state index in [4.69, 9.17) is 10.5 Å². The van der Waals surface area contributed by atoms with Crippen molar-refractivity contribution in [2.45, 2.75) is 40.2 Å². The minimum absolute atomic E-state index is 0.0740. The Morgan fingerprint density at radius 3 is 2.50 bits per heavy atom. The van der Waals surface area contributed by atoms with E-state index < -0.39 is 0 Å². The summed E-state index contributed by atoms with van der Waals surface area (Å²) < 4.78 is 5.16. The molecule has 0 saturated heterocycles. The summed E-state index contributed by atoms with van der Waals surface area (Å²) in [5.41, 5.74) is 8.16. The summed E-state index contributed by atoms with van der Waals surface area (Å²) in [5.74, 6) is 0.631. The summed E-state index contributed by atoms with van der Waals surface area (Å²) in [7, 11) is 1.61. The van der Waals surface area contributed by atoms with Gasteiger partial charge in [-0.1, -0.05) is 20.8 Å². The van der Waals surface area contributed by atoms with Crippen LogP contribution in [0, 0.1) is 12.3 Å². The number of ether oxygens (including phenoxy) is 1. The highest BCUT2D eigenvalue weighted by Crippen LogP contribution is 2.23. The number of hydrogen-bond acceptors (Lipinski definition) is 4. The van der Waals surface area contributed by atoms with Crippen molar-refractivity contribution in [3.63, 3.8) is 0 Å². The van der Waals surface area contributed by atoms with Crippen molar-refractivity contribution in [2.75, 3.05) is 7.11 Å². The fourth-order valence-corrected chi connectivity index (χ4v) is 1.39. The maximum Gasteiger partial charge on any atom is 0.219 e. The van der Waals surface area contributed by atoms with Gasteiger partial charge in [-0.2, -0.15) is 0 Å². The molecule has 0 aliphatic heterocycles. The van der Waals surface area contributed by atoms with Crippen LogP contribution in [0.3, 0.4) is 0 Å². The molecule has 0 spiro atoms. The number of nitrogens with zero attached hydrogens (tertiary/aromatic N) is 2. The van der Waals surface area contributed by atoms with E-state index in [0.29, 0.717) is 5.88 Å². The lowest BCUT2D eigenvalue weighted by molar-refractivity contribution is 0.315. The molecular weight excluding hydrogens is 202 g/mol. The van der Waals surface area contributed by atoms with Crippen LogP contribution in [0.1, 0.15) is 32.0 Å². The van der Waals surface area contributed by atoms with Crippen LogP contribution in [0.2, 0.25) is 0 Å². The van der Waals surface area contributed by atoms with Crippen LogP contribution >= 0.6 is 0 Å². The van der Waals surface area contributed by atoms with Gasteiger partial charge in [-0.3, -0.25) is 0 Å². The average molecular weight is 223 g/mol. The number of nitrogens with two attached hydrogens (primary N) is 1. The lowest BCUT2D eigenvalue weighted by Crippen LogP contribution is -2.37. The zero-order valence-electron chi connectivity index (χ0n) is 10.7. The number of methoxy groups -OCH3 is 1. The normalized spacial score (nSPS) is 13.6. The Bertz CT molecular complexity index is 358. The third kappa shape index (κ3) is 2.92. The molecule has 4 heteroatoms. The Balaban J connectivity index is 2.90. The molecule has 4 nitrogen and oxygen atoms in total. The minimum Gasteiger partial charge on any atom is -0.481 e. The molecule has 1 unspecified atom stereocenters. The lowest BCUT2D eigenvalue weighted by atomic mass is 9.84. The summed E-state index contributed by atoms with van der Waals surface area (Å²) in [6.45, 7) is 8.35. The summed E-state index contributed by atoms with van der Waals surface area (Å²) in [4.78, 5) is 8.32. The van der Waals surface area contributed by atoms with E-state index in [9.17, 15) is 0 Å². The molecule has 1 rings (SSSR count). The van der Waals surface area contributed by atoms with Gasteiger partial charge >= 0.3 is 0 Å². The molecular formula is C12H21N3O. The Hall–Kier alpha value is -1.16. The second kappa shape index (κ2) is 4.78. The minimum atomic E-state index is 0.0740. The van der Waals surface area contributed by atoms with Crippen LogP contribution in [0.15, 0.2) is 6.33 Å². The topological polar surface area (TPSA) is 61.0 Å². The van der Waals surface area contributed by atoms with E-state index in [1.165, 1.54) is 6.33 Å². The van der Waals surface area contributed by atoms with Gasteiger partial charge in [0.15, 0.2) is 0 Å². The summed E-state index contributed by atoms with van der Waals surface area (Å²) in [6.07, 6.45) is 2.27. The highest BCUT2D eigenvalue weighted by Gasteiger charge is 2.22. The number of hydrogen-bond donors (Lipinski definition) is 1. The monoisotopic (exact) mass is 223 g/mol. The lowest BCUT2D eigenvalue weighted by Gasteiger charge is -2.27. The SMILES string of the molecule is COc1ncnc(CC(N)C(C)(C)C)c1C. The largest absolute Gasteiger partial charge is 0.481 e. The maximum atomic E-state index is 6.14. The first-order chi connectivity index (χ1) is 7.36. The Kier molecular flexibility index (Phi) is 3.86. The van der Waals surface area contributed by atoms with Gasteiger partial charge in [0.05, 0.1) is 12.8 Å². The first kappa shape index (κ1) is 12.9. The van der Waals surface area contributed by atoms with E-state index in [0.717, 1.165) is 17.7 Å². The Morgan fingerprint density at radius 1 is 1.38 bits per heavy atom. The van der Waals surface area contributed by atoms with Gasteiger partial charge in [0.2, 0.25) is 5.88 Å². The molecule has 1 aromatic rings. The van der Waals surface area contributed by atoms with Gasteiger partial charge in [0.1, 0.15) is 6.33 Å². The quantitative estimate of drug-likeness (QED) is 0.847. The summed E-state index contributed by atoms with van der Waals surface area (Å²) in [5, 5.41) is 0. The first-order valence-electron chi connectivity index (χ1n) is 5.46. The molecule has 2 N–H and O–H groups in total. The van der Waals surface area contributed by atoms with Crippen molar-refractivity contribution >= 4 is 0 Å². The molecule has 90 valence electrons. The third-order valence-corrected chi connectivity index (χ3v) is 2.86. The van der Waals surface area contributed by atoms with Gasteiger partial charge in [-0.05, 0) is 12.3 Å². The average Bonchev–Trinajstić information content (AvgIpc) is 2.19. The fraction of sp³-hybridized carbons (Fsp3) is 0.667. The van der Waals surface area contributed by atoms with Crippen LogP contribution in [0.5, 0.6) is 5.88 Å². The highest BCUT2D eigenvalue weighted by molar-refractivity contribution is 5.28. The number of rotatable bonds is 3. The second-order valence-corrected chi connectivity index (χ2v) is 5.13. The van der Waals surface area contributed by atoms with Gasteiger partial charge in [-0.15, -0.1) is 0 Å². The first-order valence-corrected chi connectivity index (χ1v) is 5.46. The molecule has 0 aromatic carbocycles. The van der Waals surface area contributed by atoms with E-state index >= 15 is 0 Å². The van der Waals surface area contributed by atoms with Crippen molar-refractivity contribution in [1.82, 2.24) is 9.97 Å². The van der Waals surface area contributed by atoms with Crippen molar-refractivity contribution in [2.24, 2.45) is 11.1 Å². The van der Waals surface area contributed by atoms with Gasteiger partial charge in [-0.25, -0.2) is 9.97 Å². The van der Waals surface area contributed by atoms with Crippen molar-refractivity contribution < 1.29 is 4.74 Å². The molecule has 0 bridgehead atoms. The van der Waals surface area contributed by atoms with Crippen LogP contribution in [0.25, 0.3) is 0 Å². The fourth-order valence-electron chi connectivity index (χ4n) is 1.39. The van der Waals surface area contributed by atoms with E-state index in [1.54, 1.807) is 7.11 Å².